The third-order valence-electron chi connectivity index (χ3n) is 0. The van der Waals surface area contributed by atoms with Crippen LogP contribution in [0.2, 0.25) is 0 Å². The van der Waals surface area contributed by atoms with Gasteiger partial charge in [-0.2, -0.15) is 0 Å². The summed E-state index contributed by atoms with van der Waals surface area (Å²) in [5, 5.41) is 21.6. The second-order valence-electron chi connectivity index (χ2n) is 0.408. The molecule has 65 valence electrons. The molecule has 1 radical (unpaired) electrons. The van der Waals surface area contributed by atoms with E-state index in [-0.39, 0.29) is 51.4 Å². The topological polar surface area (TPSA) is 164 Å². The smallest absolute Gasteiger partial charge is 0.222 e. The molecule has 0 aliphatic rings. The number of hydrogen-bond acceptors (Lipinski definition) is 8. The SMILES string of the molecule is N=C=O.N=C=O.N=C=O.N=C=O.[K]. The molecule has 0 rings (SSSR count). The predicted octanol–water partition coefficient (Wildman–Crippen LogP) is -0.777. The minimum atomic E-state index is 0. The molecule has 0 fully saturated rings. The molecule has 0 unspecified atom stereocenters. The summed E-state index contributed by atoms with van der Waals surface area (Å²) >= 11 is 0. The van der Waals surface area contributed by atoms with Crippen molar-refractivity contribution in [2.24, 2.45) is 0 Å². The van der Waals surface area contributed by atoms with Gasteiger partial charge in [0.25, 0.3) is 0 Å². The van der Waals surface area contributed by atoms with Gasteiger partial charge < -0.3 is 0 Å². The number of carbonyl (C=O) groups excluding carboxylic acids is 4. The maximum absolute atomic E-state index is 8.35. The average Bonchev–Trinajstić information content (AvgIpc) is 1.92. The van der Waals surface area contributed by atoms with Crippen molar-refractivity contribution in [1.82, 2.24) is 0 Å². The fraction of sp³-hybridized carbons (Fsp3) is 0. The fourth-order valence-electron chi connectivity index (χ4n) is 0. The molecule has 0 bridgehead atoms. The summed E-state index contributed by atoms with van der Waals surface area (Å²) in [6.45, 7) is 0. The number of hydrogen-bond donors (Lipinski definition) is 4. The van der Waals surface area contributed by atoms with Gasteiger partial charge in [0.05, 0.1) is 0 Å². The molecule has 0 saturated heterocycles. The maximum Gasteiger partial charge on any atom is 0.231 e. The van der Waals surface area contributed by atoms with Crippen LogP contribution in [0.25, 0.3) is 0 Å². The van der Waals surface area contributed by atoms with Crippen molar-refractivity contribution in [3.8, 4) is 0 Å². The monoisotopic (exact) mass is 211 g/mol. The molecule has 0 spiro atoms. The zero-order valence-electron chi connectivity index (χ0n) is 6.63. The van der Waals surface area contributed by atoms with E-state index in [0.29, 0.717) is 0 Å². The Morgan fingerprint density at radius 1 is 0.538 bits per heavy atom. The van der Waals surface area contributed by atoms with Crippen molar-refractivity contribution in [3.63, 3.8) is 0 Å². The quantitative estimate of drug-likeness (QED) is 0.235. The van der Waals surface area contributed by atoms with E-state index in [1.165, 1.54) is 0 Å². The number of isocyanates is 4. The molecule has 13 heavy (non-hydrogen) atoms. The first-order chi connectivity index (χ1) is 5.66. The molecule has 0 aromatic heterocycles. The predicted molar refractivity (Wildman–Crippen MR) is 39.4 cm³/mol. The van der Waals surface area contributed by atoms with E-state index in [9.17, 15) is 0 Å². The molecular weight excluding hydrogens is 207 g/mol. The van der Waals surface area contributed by atoms with Gasteiger partial charge in [-0.15, -0.1) is 0 Å². The largest absolute Gasteiger partial charge is 0.231 e. The molecule has 0 aliphatic heterocycles. The van der Waals surface area contributed by atoms with Gasteiger partial charge in [0.15, 0.2) is 0 Å². The van der Waals surface area contributed by atoms with Crippen LogP contribution in [0.1, 0.15) is 0 Å². The third-order valence-corrected chi connectivity index (χ3v) is 0. The Kier molecular flexibility index (Phi) is 263. The van der Waals surface area contributed by atoms with Crippen LogP contribution >= 0.6 is 0 Å². The van der Waals surface area contributed by atoms with Gasteiger partial charge in [-0.05, 0) is 0 Å². The van der Waals surface area contributed by atoms with Crippen molar-refractivity contribution < 1.29 is 19.2 Å². The summed E-state index contributed by atoms with van der Waals surface area (Å²) in [5.41, 5.74) is 0. The normalized spacial score (nSPS) is 2.46. The van der Waals surface area contributed by atoms with E-state index < -0.39 is 0 Å². The summed E-state index contributed by atoms with van der Waals surface area (Å²) in [6, 6.07) is 0. The van der Waals surface area contributed by atoms with Crippen LogP contribution in [0.3, 0.4) is 0 Å². The third kappa shape index (κ3) is 1310. The van der Waals surface area contributed by atoms with Gasteiger partial charge in [0.2, 0.25) is 24.3 Å². The second kappa shape index (κ2) is 116. The Morgan fingerprint density at radius 3 is 0.538 bits per heavy atom. The van der Waals surface area contributed by atoms with E-state index in [1.807, 2.05) is 0 Å². The zero-order valence-corrected chi connectivity index (χ0v) is 9.76. The van der Waals surface area contributed by atoms with E-state index in [2.05, 4.69) is 0 Å². The first-order valence-electron chi connectivity index (χ1n) is 1.82. The molecular formula is C4H4KN4O4. The first kappa shape index (κ1) is 29.5. The fourth-order valence-corrected chi connectivity index (χ4v) is 0. The van der Waals surface area contributed by atoms with Crippen LogP contribution in [0.4, 0.5) is 0 Å². The Balaban J connectivity index is -0.0000000213. The van der Waals surface area contributed by atoms with Crippen LogP contribution in [0.5, 0.6) is 0 Å². The minimum absolute atomic E-state index is 0. The van der Waals surface area contributed by atoms with Crippen LogP contribution in [-0.4, -0.2) is 75.7 Å². The second-order valence-corrected chi connectivity index (χ2v) is 0.408. The van der Waals surface area contributed by atoms with Crippen molar-refractivity contribution in [3.05, 3.63) is 0 Å². The van der Waals surface area contributed by atoms with Crippen LogP contribution in [-0.2, 0) is 19.2 Å². The molecule has 0 amide bonds. The van der Waals surface area contributed by atoms with Gasteiger partial charge in [0.1, 0.15) is 0 Å². The van der Waals surface area contributed by atoms with Gasteiger partial charge in [-0.25, -0.2) is 40.8 Å². The molecule has 8 nitrogen and oxygen atoms in total. The first-order valence-corrected chi connectivity index (χ1v) is 1.82. The van der Waals surface area contributed by atoms with Crippen molar-refractivity contribution in [1.29, 1.82) is 21.6 Å². The summed E-state index contributed by atoms with van der Waals surface area (Å²) in [5.74, 6) is 0. The Morgan fingerprint density at radius 2 is 0.538 bits per heavy atom. The van der Waals surface area contributed by atoms with Crippen molar-refractivity contribution >= 4 is 75.7 Å². The minimum Gasteiger partial charge on any atom is -0.222 e. The summed E-state index contributed by atoms with van der Waals surface area (Å²) < 4.78 is 0. The Labute approximate surface area is 115 Å². The average molecular weight is 211 g/mol. The molecule has 0 saturated carbocycles. The standard InChI is InChI=1S/4CHNO.K/c4*2-1-3;/h4*2H;. The summed E-state index contributed by atoms with van der Waals surface area (Å²) in [4.78, 5) is 33.4. The van der Waals surface area contributed by atoms with E-state index in [4.69, 9.17) is 40.8 Å². The molecule has 0 aromatic carbocycles. The summed E-state index contributed by atoms with van der Waals surface area (Å²) in [7, 11) is 0. The van der Waals surface area contributed by atoms with E-state index in [1.54, 1.807) is 0 Å². The number of rotatable bonds is 0. The van der Waals surface area contributed by atoms with E-state index >= 15 is 0 Å². The van der Waals surface area contributed by atoms with Gasteiger partial charge >= 0.3 is 0 Å². The van der Waals surface area contributed by atoms with Crippen LogP contribution in [0, 0.1) is 21.6 Å². The molecule has 9 heteroatoms. The van der Waals surface area contributed by atoms with E-state index in [0.717, 1.165) is 24.3 Å². The van der Waals surface area contributed by atoms with Crippen molar-refractivity contribution in [2.45, 2.75) is 0 Å². The van der Waals surface area contributed by atoms with Gasteiger partial charge in [0, 0.05) is 51.4 Å². The zero-order chi connectivity index (χ0) is 10.8. The summed E-state index contributed by atoms with van der Waals surface area (Å²) in [6.07, 6.45) is 3.00. The Hall–Kier alpha value is -0.844. The Bertz CT molecular complexity index is 156. The molecule has 4 N–H and O–H groups in total. The molecule has 0 atom stereocenters. The number of nitrogens with one attached hydrogen (secondary N) is 4. The van der Waals surface area contributed by atoms with Crippen molar-refractivity contribution in [2.75, 3.05) is 0 Å². The van der Waals surface area contributed by atoms with Gasteiger partial charge in [-0.3, -0.25) is 0 Å². The van der Waals surface area contributed by atoms with Crippen LogP contribution < -0.4 is 0 Å². The molecule has 0 heterocycles. The maximum atomic E-state index is 8.35. The molecule has 0 aliphatic carbocycles. The van der Waals surface area contributed by atoms with Crippen LogP contribution in [0.15, 0.2) is 0 Å². The van der Waals surface area contributed by atoms with Gasteiger partial charge in [-0.1, -0.05) is 0 Å². The molecule has 0 aromatic rings.